The normalized spacial score (nSPS) is 14.0. The molecule has 2 aromatic heterocycles. The van der Waals surface area contributed by atoms with E-state index in [4.69, 9.17) is 27.8 Å². The number of likely N-dealkylation sites (tertiary alicyclic amines) is 1. The first kappa shape index (κ1) is 26.3. The molecule has 1 saturated heterocycles. The summed E-state index contributed by atoms with van der Waals surface area (Å²) in [5.74, 6) is 6.65. The largest absolute Gasteiger partial charge is 0.490 e. The number of hydrogen-bond acceptors (Lipinski definition) is 6. The first-order valence-electron chi connectivity index (χ1n) is 12.7. The molecule has 5 N–H and O–H groups in total. The van der Waals surface area contributed by atoms with Gasteiger partial charge in [-0.2, -0.15) is 0 Å². The molecule has 1 amide bonds. The molecule has 0 atom stereocenters. The number of aromatic amines is 1. The highest BCUT2D eigenvalue weighted by atomic mass is 35.5. The minimum atomic E-state index is -0.580. The minimum absolute atomic E-state index is 0.0849. The Labute approximate surface area is 232 Å². The van der Waals surface area contributed by atoms with Crippen LogP contribution in [0.5, 0.6) is 5.75 Å². The molecular formula is C30H29ClN6O2. The molecule has 3 heterocycles. The number of H-pyrrole nitrogens is 1. The van der Waals surface area contributed by atoms with Crippen molar-refractivity contribution < 1.29 is 9.53 Å². The Balaban J connectivity index is 1.44. The van der Waals surface area contributed by atoms with Crippen molar-refractivity contribution in [2.75, 3.05) is 25.9 Å². The van der Waals surface area contributed by atoms with Crippen LogP contribution in [0.25, 0.3) is 22.6 Å². The Morgan fingerprint density at radius 1 is 1.13 bits per heavy atom. The lowest BCUT2D eigenvalue weighted by Gasteiger charge is -2.29. The molecule has 2 aromatic carbocycles. The number of anilines is 1. The molecule has 39 heavy (non-hydrogen) atoms. The second-order valence-corrected chi connectivity index (χ2v) is 10.1. The maximum absolute atomic E-state index is 12.3. The van der Waals surface area contributed by atoms with Crippen LogP contribution in [0.4, 0.5) is 5.95 Å². The fourth-order valence-electron chi connectivity index (χ4n) is 4.60. The zero-order valence-electron chi connectivity index (χ0n) is 21.8. The number of nitrogens with two attached hydrogens (primary N) is 2. The van der Waals surface area contributed by atoms with Gasteiger partial charge in [-0.25, -0.2) is 9.97 Å². The van der Waals surface area contributed by atoms with Gasteiger partial charge >= 0.3 is 0 Å². The van der Waals surface area contributed by atoms with Gasteiger partial charge in [0.1, 0.15) is 17.5 Å². The van der Waals surface area contributed by atoms with Gasteiger partial charge in [-0.3, -0.25) is 4.79 Å². The number of ether oxygens (including phenoxy) is 1. The summed E-state index contributed by atoms with van der Waals surface area (Å²) in [6, 6.07) is 14.8. The highest BCUT2D eigenvalue weighted by Gasteiger charge is 2.20. The number of piperidine rings is 1. The van der Waals surface area contributed by atoms with Gasteiger partial charge in [0.05, 0.1) is 22.5 Å². The number of hydrogen-bond donors (Lipinski definition) is 3. The van der Waals surface area contributed by atoms with E-state index in [2.05, 4.69) is 38.7 Å². The summed E-state index contributed by atoms with van der Waals surface area (Å²) in [5, 5.41) is 0.544. The number of nitrogen functional groups attached to an aromatic ring is 1. The quantitative estimate of drug-likeness (QED) is 0.316. The third kappa shape index (κ3) is 6.06. The van der Waals surface area contributed by atoms with Crippen molar-refractivity contribution >= 4 is 23.5 Å². The number of carbonyl (C=O) groups excluding carboxylic acids is 1. The standard InChI is InChI=1S/C30H29ClN6O2/c1-18-3-8-21(31)15-24(18)28-25(29(32)38)16-26(35-28)27-20(17-34-30(33)36-27)7-4-19-5-9-22(10-6-19)39-23-11-13-37(2)14-12-23/h3,5-6,8-10,15-17,23,35H,11-14H2,1-2H3,(H2,32,38)(H2,33,34,36). The van der Waals surface area contributed by atoms with Gasteiger partial charge in [-0.15, -0.1) is 0 Å². The van der Waals surface area contributed by atoms with E-state index in [-0.39, 0.29) is 12.1 Å². The van der Waals surface area contributed by atoms with Crippen molar-refractivity contribution in [3.8, 4) is 40.2 Å². The smallest absolute Gasteiger partial charge is 0.250 e. The predicted molar refractivity (Wildman–Crippen MR) is 154 cm³/mol. The molecule has 1 aliphatic rings. The minimum Gasteiger partial charge on any atom is -0.490 e. The van der Waals surface area contributed by atoms with Crippen LogP contribution in [0, 0.1) is 18.8 Å². The number of nitrogens with zero attached hydrogens (tertiary/aromatic N) is 3. The van der Waals surface area contributed by atoms with E-state index >= 15 is 0 Å². The van der Waals surface area contributed by atoms with Crippen LogP contribution >= 0.6 is 11.6 Å². The topological polar surface area (TPSA) is 123 Å². The van der Waals surface area contributed by atoms with Gasteiger partial charge in [0.2, 0.25) is 5.95 Å². The van der Waals surface area contributed by atoms with Crippen LogP contribution < -0.4 is 16.2 Å². The summed E-state index contributed by atoms with van der Waals surface area (Å²) in [6.45, 7) is 4.02. The molecule has 1 fully saturated rings. The van der Waals surface area contributed by atoms with E-state index < -0.39 is 5.91 Å². The Kier molecular flexibility index (Phi) is 7.55. The van der Waals surface area contributed by atoms with Crippen LogP contribution in [0.2, 0.25) is 5.02 Å². The molecule has 198 valence electrons. The van der Waals surface area contributed by atoms with E-state index in [1.165, 1.54) is 0 Å². The molecule has 0 bridgehead atoms. The zero-order valence-corrected chi connectivity index (χ0v) is 22.5. The molecule has 0 aliphatic carbocycles. The third-order valence-corrected chi connectivity index (χ3v) is 7.01. The van der Waals surface area contributed by atoms with Gasteiger partial charge in [0.15, 0.2) is 0 Å². The Morgan fingerprint density at radius 3 is 2.59 bits per heavy atom. The lowest BCUT2D eigenvalue weighted by atomic mass is 10.0. The molecule has 0 radical (unpaired) electrons. The highest BCUT2D eigenvalue weighted by molar-refractivity contribution is 6.31. The van der Waals surface area contributed by atoms with Gasteiger partial charge < -0.3 is 26.1 Å². The lowest BCUT2D eigenvalue weighted by Crippen LogP contribution is -2.35. The molecule has 0 saturated carbocycles. The average Bonchev–Trinajstić information content (AvgIpc) is 3.37. The van der Waals surface area contributed by atoms with Gasteiger partial charge in [-0.1, -0.05) is 29.5 Å². The fourth-order valence-corrected chi connectivity index (χ4v) is 4.77. The number of nitrogens with one attached hydrogen (secondary N) is 1. The first-order valence-corrected chi connectivity index (χ1v) is 13.0. The molecule has 0 unspecified atom stereocenters. The van der Waals surface area contributed by atoms with Crippen LogP contribution in [0.1, 0.15) is 39.9 Å². The number of halogens is 1. The number of primary amides is 1. The fraction of sp³-hybridized carbons (Fsp3) is 0.233. The molecule has 1 aliphatic heterocycles. The van der Waals surface area contributed by atoms with E-state index in [0.29, 0.717) is 33.2 Å². The highest BCUT2D eigenvalue weighted by Crippen LogP contribution is 2.33. The second-order valence-electron chi connectivity index (χ2n) is 9.68. The van der Waals surface area contributed by atoms with Crippen molar-refractivity contribution in [3.05, 3.63) is 82.0 Å². The summed E-state index contributed by atoms with van der Waals surface area (Å²) in [6.07, 6.45) is 3.84. The Morgan fingerprint density at radius 2 is 1.87 bits per heavy atom. The first-order chi connectivity index (χ1) is 18.8. The van der Waals surface area contributed by atoms with Gasteiger partial charge in [-0.05, 0) is 74.8 Å². The van der Waals surface area contributed by atoms with Gasteiger partial charge in [0, 0.05) is 35.4 Å². The number of rotatable bonds is 5. The van der Waals surface area contributed by atoms with E-state index in [1.807, 2.05) is 37.3 Å². The number of carbonyl (C=O) groups is 1. The van der Waals surface area contributed by atoms with Crippen LogP contribution in [0.3, 0.4) is 0 Å². The zero-order chi connectivity index (χ0) is 27.5. The molecule has 5 rings (SSSR count). The van der Waals surface area contributed by atoms with E-state index in [1.54, 1.807) is 24.4 Å². The van der Waals surface area contributed by atoms with Gasteiger partial charge in [0.25, 0.3) is 5.91 Å². The molecule has 4 aromatic rings. The van der Waals surface area contributed by atoms with Crippen molar-refractivity contribution in [3.63, 3.8) is 0 Å². The number of aryl methyl sites for hydroxylation is 1. The summed E-state index contributed by atoms with van der Waals surface area (Å²) in [5.41, 5.74) is 16.6. The monoisotopic (exact) mass is 540 g/mol. The van der Waals surface area contributed by atoms with Crippen molar-refractivity contribution in [1.29, 1.82) is 0 Å². The maximum Gasteiger partial charge on any atom is 0.250 e. The maximum atomic E-state index is 12.3. The second kappa shape index (κ2) is 11.2. The Bertz CT molecular complexity index is 1580. The summed E-state index contributed by atoms with van der Waals surface area (Å²) in [4.78, 5) is 26.5. The number of amides is 1. The summed E-state index contributed by atoms with van der Waals surface area (Å²) in [7, 11) is 2.13. The van der Waals surface area contributed by atoms with Crippen LogP contribution in [-0.2, 0) is 0 Å². The SMILES string of the molecule is Cc1ccc(Cl)cc1-c1[nH]c(-c2nc(N)ncc2C#Cc2ccc(OC3CCN(C)CC3)cc2)cc1C(N)=O. The van der Waals surface area contributed by atoms with Crippen LogP contribution in [-0.4, -0.2) is 52.0 Å². The molecule has 0 spiro atoms. The number of aromatic nitrogens is 3. The number of benzene rings is 2. The summed E-state index contributed by atoms with van der Waals surface area (Å²) < 4.78 is 6.14. The molecular weight excluding hydrogens is 512 g/mol. The van der Waals surface area contributed by atoms with Crippen molar-refractivity contribution in [2.45, 2.75) is 25.9 Å². The van der Waals surface area contributed by atoms with Crippen molar-refractivity contribution in [1.82, 2.24) is 19.9 Å². The third-order valence-electron chi connectivity index (χ3n) is 6.78. The van der Waals surface area contributed by atoms with E-state index in [9.17, 15) is 4.79 Å². The van der Waals surface area contributed by atoms with Crippen molar-refractivity contribution in [2.24, 2.45) is 5.73 Å². The average molecular weight is 541 g/mol. The summed E-state index contributed by atoms with van der Waals surface area (Å²) >= 11 is 6.24. The Hall–Kier alpha value is -4.32. The molecule has 9 heteroatoms. The molecule has 8 nitrogen and oxygen atoms in total. The predicted octanol–water partition coefficient (Wildman–Crippen LogP) is 4.65. The van der Waals surface area contributed by atoms with Crippen LogP contribution in [0.15, 0.2) is 54.7 Å². The van der Waals surface area contributed by atoms with E-state index in [0.717, 1.165) is 48.4 Å². The lowest BCUT2D eigenvalue weighted by molar-refractivity contribution is 0.100.